The van der Waals surface area contributed by atoms with Gasteiger partial charge in [0.25, 0.3) is 0 Å². The Labute approximate surface area is 80.4 Å². The van der Waals surface area contributed by atoms with Crippen molar-refractivity contribution in [3.8, 4) is 0 Å². The fraction of sp³-hybridized carbons (Fsp3) is 0.700. The lowest BCUT2D eigenvalue weighted by Crippen LogP contribution is -2.30. The summed E-state index contributed by atoms with van der Waals surface area (Å²) in [6.07, 6.45) is 1.76. The molecule has 0 aromatic carbocycles. The summed E-state index contributed by atoms with van der Waals surface area (Å²) in [7, 11) is 0. The number of carbonyl (C=O) groups excluding carboxylic acids is 1. The minimum Gasteiger partial charge on any atom is -0.352 e. The van der Waals surface area contributed by atoms with E-state index in [4.69, 9.17) is 5.73 Å². The van der Waals surface area contributed by atoms with Crippen LogP contribution in [0.15, 0.2) is 12.2 Å². The second-order valence-electron chi connectivity index (χ2n) is 3.51. The van der Waals surface area contributed by atoms with Crippen LogP contribution in [0.4, 0.5) is 0 Å². The number of hydrogen-bond donors (Lipinski definition) is 2. The Morgan fingerprint density at radius 3 is 2.69 bits per heavy atom. The van der Waals surface area contributed by atoms with Gasteiger partial charge in [-0.25, -0.2) is 0 Å². The van der Waals surface area contributed by atoms with Crippen molar-refractivity contribution < 1.29 is 4.79 Å². The van der Waals surface area contributed by atoms with E-state index in [1.54, 1.807) is 0 Å². The van der Waals surface area contributed by atoms with Gasteiger partial charge in [0.05, 0.1) is 0 Å². The topological polar surface area (TPSA) is 55.1 Å². The molecule has 0 aliphatic rings. The summed E-state index contributed by atoms with van der Waals surface area (Å²) < 4.78 is 0. The first kappa shape index (κ1) is 12.2. The molecule has 0 aromatic rings. The molecule has 0 fully saturated rings. The lowest BCUT2D eigenvalue weighted by molar-refractivity contribution is -0.124. The molecule has 1 unspecified atom stereocenters. The average molecular weight is 184 g/mol. The summed E-state index contributed by atoms with van der Waals surface area (Å²) in [6, 6.07) is 0. The van der Waals surface area contributed by atoms with Gasteiger partial charge in [-0.3, -0.25) is 4.79 Å². The van der Waals surface area contributed by atoms with Crippen LogP contribution in [0.25, 0.3) is 0 Å². The van der Waals surface area contributed by atoms with Gasteiger partial charge in [0, 0.05) is 12.5 Å². The van der Waals surface area contributed by atoms with Gasteiger partial charge in [-0.15, -0.1) is 0 Å². The Morgan fingerprint density at radius 1 is 1.62 bits per heavy atom. The average Bonchev–Trinajstić information content (AvgIpc) is 2.10. The highest BCUT2D eigenvalue weighted by molar-refractivity contribution is 5.78. The molecule has 1 atom stereocenters. The van der Waals surface area contributed by atoms with Gasteiger partial charge in [-0.2, -0.15) is 0 Å². The predicted octanol–water partition coefficient (Wildman–Crippen LogP) is 1.05. The Balaban J connectivity index is 3.63. The predicted molar refractivity (Wildman–Crippen MR) is 55.3 cm³/mol. The number of rotatable bonds is 6. The molecule has 0 saturated heterocycles. The molecule has 0 saturated carbocycles. The smallest absolute Gasteiger partial charge is 0.223 e. The first-order valence-electron chi connectivity index (χ1n) is 4.70. The van der Waals surface area contributed by atoms with Crippen LogP contribution < -0.4 is 11.1 Å². The lowest BCUT2D eigenvalue weighted by atomic mass is 10.0. The Morgan fingerprint density at radius 2 is 2.23 bits per heavy atom. The number of carbonyl (C=O) groups is 1. The fourth-order valence-electron chi connectivity index (χ4n) is 0.967. The van der Waals surface area contributed by atoms with E-state index in [1.807, 2.05) is 13.8 Å². The van der Waals surface area contributed by atoms with Crippen LogP contribution in [0.1, 0.15) is 26.7 Å². The standard InChI is InChI=1S/C10H20N2O/c1-8(2)7-12-10(13)9(3)5-4-6-11/h9H,1,4-7,11H2,2-3H3,(H,12,13). The SMILES string of the molecule is C=C(C)CNC(=O)C(C)CCCN. The molecule has 0 spiro atoms. The first-order valence-corrected chi connectivity index (χ1v) is 4.70. The maximum atomic E-state index is 11.4. The van der Waals surface area contributed by atoms with E-state index in [9.17, 15) is 4.79 Å². The Kier molecular flexibility index (Phi) is 6.24. The van der Waals surface area contributed by atoms with Gasteiger partial charge in [0.15, 0.2) is 0 Å². The molecular formula is C10H20N2O. The van der Waals surface area contributed by atoms with Crippen LogP contribution in [0.2, 0.25) is 0 Å². The summed E-state index contributed by atoms with van der Waals surface area (Å²) in [6.45, 7) is 8.75. The minimum atomic E-state index is 0.0582. The monoisotopic (exact) mass is 184 g/mol. The second kappa shape index (κ2) is 6.66. The molecule has 0 aromatic heterocycles. The number of hydrogen-bond acceptors (Lipinski definition) is 2. The summed E-state index contributed by atoms with van der Waals surface area (Å²) in [5, 5.41) is 2.81. The van der Waals surface area contributed by atoms with Crippen LogP contribution in [0.5, 0.6) is 0 Å². The number of nitrogens with two attached hydrogens (primary N) is 1. The van der Waals surface area contributed by atoms with Gasteiger partial charge in [-0.1, -0.05) is 19.1 Å². The largest absolute Gasteiger partial charge is 0.352 e. The summed E-state index contributed by atoms with van der Waals surface area (Å²) >= 11 is 0. The molecule has 0 heterocycles. The van der Waals surface area contributed by atoms with E-state index in [0.29, 0.717) is 13.1 Å². The highest BCUT2D eigenvalue weighted by atomic mass is 16.1. The first-order chi connectivity index (χ1) is 6.07. The molecule has 13 heavy (non-hydrogen) atoms. The van der Waals surface area contributed by atoms with Gasteiger partial charge in [-0.05, 0) is 26.3 Å². The zero-order valence-corrected chi connectivity index (χ0v) is 8.60. The van der Waals surface area contributed by atoms with E-state index in [-0.39, 0.29) is 11.8 Å². The van der Waals surface area contributed by atoms with Crippen LogP contribution >= 0.6 is 0 Å². The van der Waals surface area contributed by atoms with Crippen LogP contribution in [-0.2, 0) is 4.79 Å². The summed E-state index contributed by atoms with van der Waals surface area (Å²) in [4.78, 5) is 11.4. The minimum absolute atomic E-state index is 0.0582. The van der Waals surface area contributed by atoms with E-state index >= 15 is 0 Å². The van der Waals surface area contributed by atoms with E-state index in [1.165, 1.54) is 0 Å². The van der Waals surface area contributed by atoms with Crippen molar-refractivity contribution in [3.63, 3.8) is 0 Å². The Bertz CT molecular complexity index is 178. The summed E-state index contributed by atoms with van der Waals surface area (Å²) in [5.74, 6) is 0.152. The molecule has 0 bridgehead atoms. The van der Waals surface area contributed by atoms with Crippen molar-refractivity contribution >= 4 is 5.91 Å². The molecular weight excluding hydrogens is 164 g/mol. The maximum absolute atomic E-state index is 11.4. The normalized spacial score (nSPS) is 12.2. The van der Waals surface area contributed by atoms with Crippen LogP contribution in [0.3, 0.4) is 0 Å². The van der Waals surface area contributed by atoms with E-state index in [0.717, 1.165) is 18.4 Å². The molecule has 0 radical (unpaired) electrons. The van der Waals surface area contributed by atoms with Crippen molar-refractivity contribution in [1.82, 2.24) is 5.32 Å². The third-order valence-corrected chi connectivity index (χ3v) is 1.85. The van der Waals surface area contributed by atoms with Crippen molar-refractivity contribution in [3.05, 3.63) is 12.2 Å². The maximum Gasteiger partial charge on any atom is 0.223 e. The number of amides is 1. The lowest BCUT2D eigenvalue weighted by Gasteiger charge is -2.11. The van der Waals surface area contributed by atoms with Crippen molar-refractivity contribution in [2.45, 2.75) is 26.7 Å². The molecule has 3 N–H and O–H groups in total. The van der Waals surface area contributed by atoms with Crippen molar-refractivity contribution in [1.29, 1.82) is 0 Å². The molecule has 0 aliphatic heterocycles. The molecule has 3 heteroatoms. The summed E-state index contributed by atoms with van der Waals surface area (Å²) in [5.41, 5.74) is 6.32. The quantitative estimate of drug-likeness (QED) is 0.606. The van der Waals surface area contributed by atoms with E-state index in [2.05, 4.69) is 11.9 Å². The zero-order valence-electron chi connectivity index (χ0n) is 8.60. The van der Waals surface area contributed by atoms with Gasteiger partial charge in [0.2, 0.25) is 5.91 Å². The third kappa shape index (κ3) is 6.34. The fourth-order valence-corrected chi connectivity index (χ4v) is 0.967. The van der Waals surface area contributed by atoms with Gasteiger partial charge < -0.3 is 11.1 Å². The highest BCUT2D eigenvalue weighted by Gasteiger charge is 2.10. The molecule has 0 aliphatic carbocycles. The van der Waals surface area contributed by atoms with Crippen LogP contribution in [0, 0.1) is 5.92 Å². The highest BCUT2D eigenvalue weighted by Crippen LogP contribution is 2.04. The van der Waals surface area contributed by atoms with E-state index < -0.39 is 0 Å². The second-order valence-corrected chi connectivity index (χ2v) is 3.51. The molecule has 76 valence electrons. The molecule has 3 nitrogen and oxygen atoms in total. The molecule has 0 rings (SSSR count). The van der Waals surface area contributed by atoms with Crippen LogP contribution in [-0.4, -0.2) is 19.0 Å². The van der Waals surface area contributed by atoms with Crippen molar-refractivity contribution in [2.75, 3.05) is 13.1 Å². The van der Waals surface area contributed by atoms with Gasteiger partial charge >= 0.3 is 0 Å². The third-order valence-electron chi connectivity index (χ3n) is 1.85. The zero-order chi connectivity index (χ0) is 10.3. The Hall–Kier alpha value is -0.830. The number of nitrogens with one attached hydrogen (secondary N) is 1. The van der Waals surface area contributed by atoms with Crippen molar-refractivity contribution in [2.24, 2.45) is 11.7 Å². The van der Waals surface area contributed by atoms with Gasteiger partial charge in [0.1, 0.15) is 0 Å². The molecule has 1 amide bonds.